The minimum atomic E-state index is -0.138. The highest BCUT2D eigenvalue weighted by molar-refractivity contribution is 5.92. The zero-order valence-corrected chi connectivity index (χ0v) is 9.54. The lowest BCUT2D eigenvalue weighted by molar-refractivity contribution is 0.0645. The Balaban J connectivity index is 2.02. The van der Waals surface area contributed by atoms with Gasteiger partial charge in [-0.2, -0.15) is 0 Å². The van der Waals surface area contributed by atoms with Gasteiger partial charge in [-0.3, -0.25) is 9.78 Å². The number of hydrogen-bond donors (Lipinski definition) is 2. The van der Waals surface area contributed by atoms with E-state index in [2.05, 4.69) is 9.97 Å². The van der Waals surface area contributed by atoms with Crippen LogP contribution in [0.2, 0.25) is 0 Å². The molecule has 0 aromatic carbocycles. The first-order valence-electron chi connectivity index (χ1n) is 5.68. The van der Waals surface area contributed by atoms with Crippen molar-refractivity contribution in [3.05, 3.63) is 18.1 Å². The summed E-state index contributed by atoms with van der Waals surface area (Å²) in [5.74, 6) is 0.424. The van der Waals surface area contributed by atoms with Crippen LogP contribution >= 0.6 is 0 Å². The number of carbonyl (C=O) groups excluding carboxylic acids is 1. The Morgan fingerprint density at radius 2 is 2.18 bits per heavy atom. The monoisotopic (exact) mass is 236 g/mol. The Bertz CT molecular complexity index is 402. The zero-order chi connectivity index (χ0) is 12.3. The first-order valence-corrected chi connectivity index (χ1v) is 5.68. The largest absolute Gasteiger partial charge is 0.396 e. The molecule has 0 unspecified atom stereocenters. The zero-order valence-electron chi connectivity index (χ0n) is 9.54. The summed E-state index contributed by atoms with van der Waals surface area (Å²) in [6.07, 6.45) is 4.50. The fourth-order valence-corrected chi connectivity index (χ4v) is 1.96. The SMILES string of the molecule is Nc1cncc(C(=O)N2CCC(CO)CC2)n1. The predicted molar refractivity (Wildman–Crippen MR) is 62.2 cm³/mol. The van der Waals surface area contributed by atoms with Crippen molar-refractivity contribution in [3.63, 3.8) is 0 Å². The van der Waals surface area contributed by atoms with Crippen LogP contribution in [-0.4, -0.2) is 45.6 Å². The maximum Gasteiger partial charge on any atom is 0.274 e. The topological polar surface area (TPSA) is 92.3 Å². The molecule has 0 aliphatic carbocycles. The van der Waals surface area contributed by atoms with Crippen molar-refractivity contribution >= 4 is 11.7 Å². The summed E-state index contributed by atoms with van der Waals surface area (Å²) in [5, 5.41) is 9.03. The van der Waals surface area contributed by atoms with Crippen LogP contribution in [0.25, 0.3) is 0 Å². The fourth-order valence-electron chi connectivity index (χ4n) is 1.96. The molecule has 17 heavy (non-hydrogen) atoms. The standard InChI is InChI=1S/C11H16N4O2/c12-10-6-13-5-9(14-10)11(17)15-3-1-8(7-16)2-4-15/h5-6,8,16H,1-4,7H2,(H2,12,14). The van der Waals surface area contributed by atoms with E-state index in [0.717, 1.165) is 12.8 Å². The van der Waals surface area contributed by atoms with Gasteiger partial charge in [-0.15, -0.1) is 0 Å². The number of nitrogen functional groups attached to an aromatic ring is 1. The van der Waals surface area contributed by atoms with Gasteiger partial charge in [-0.1, -0.05) is 0 Å². The Kier molecular flexibility index (Phi) is 3.53. The maximum absolute atomic E-state index is 12.1. The van der Waals surface area contributed by atoms with Crippen molar-refractivity contribution in [2.24, 2.45) is 5.92 Å². The van der Waals surface area contributed by atoms with E-state index in [9.17, 15) is 4.79 Å². The van der Waals surface area contributed by atoms with Crippen LogP contribution < -0.4 is 5.73 Å². The van der Waals surface area contributed by atoms with Crippen molar-refractivity contribution in [2.45, 2.75) is 12.8 Å². The average molecular weight is 236 g/mol. The Hall–Kier alpha value is -1.69. The summed E-state index contributed by atoms with van der Waals surface area (Å²) in [6, 6.07) is 0. The molecule has 2 heterocycles. The van der Waals surface area contributed by atoms with Gasteiger partial charge in [-0.25, -0.2) is 4.98 Å². The van der Waals surface area contributed by atoms with Crippen LogP contribution in [0.4, 0.5) is 5.82 Å². The smallest absolute Gasteiger partial charge is 0.274 e. The van der Waals surface area contributed by atoms with E-state index < -0.39 is 0 Å². The van der Waals surface area contributed by atoms with Gasteiger partial charge in [0.05, 0.1) is 12.4 Å². The van der Waals surface area contributed by atoms with E-state index in [4.69, 9.17) is 10.8 Å². The molecule has 1 aliphatic rings. The molecule has 0 saturated carbocycles. The molecule has 92 valence electrons. The molecule has 1 aliphatic heterocycles. The number of nitrogens with zero attached hydrogens (tertiary/aromatic N) is 3. The Morgan fingerprint density at radius 3 is 2.76 bits per heavy atom. The second-order valence-corrected chi connectivity index (χ2v) is 4.25. The molecule has 0 atom stereocenters. The van der Waals surface area contributed by atoms with E-state index in [1.54, 1.807) is 4.90 Å². The first-order chi connectivity index (χ1) is 8.20. The third-order valence-corrected chi connectivity index (χ3v) is 3.03. The summed E-state index contributed by atoms with van der Waals surface area (Å²) in [5.41, 5.74) is 5.78. The fraction of sp³-hybridized carbons (Fsp3) is 0.545. The van der Waals surface area contributed by atoms with Crippen LogP contribution in [0, 0.1) is 5.92 Å². The molecule has 6 heteroatoms. The highest BCUT2D eigenvalue weighted by Gasteiger charge is 2.24. The number of amides is 1. The first kappa shape index (κ1) is 11.8. The highest BCUT2D eigenvalue weighted by Crippen LogP contribution is 2.17. The molecule has 0 radical (unpaired) electrons. The van der Waals surface area contributed by atoms with Gasteiger partial charge in [-0.05, 0) is 18.8 Å². The number of aliphatic hydroxyl groups is 1. The van der Waals surface area contributed by atoms with Gasteiger partial charge >= 0.3 is 0 Å². The highest BCUT2D eigenvalue weighted by atomic mass is 16.3. The normalized spacial score (nSPS) is 17.1. The van der Waals surface area contributed by atoms with E-state index in [0.29, 0.717) is 19.0 Å². The summed E-state index contributed by atoms with van der Waals surface area (Å²) in [7, 11) is 0. The minimum absolute atomic E-state index is 0.138. The van der Waals surface area contributed by atoms with Crippen LogP contribution in [0.5, 0.6) is 0 Å². The molecular formula is C11H16N4O2. The third-order valence-electron chi connectivity index (χ3n) is 3.03. The second-order valence-electron chi connectivity index (χ2n) is 4.25. The van der Waals surface area contributed by atoms with Crippen molar-refractivity contribution in [1.29, 1.82) is 0 Å². The molecule has 1 saturated heterocycles. The Labute approximate surface area is 99.5 Å². The molecule has 1 aromatic rings. The van der Waals surface area contributed by atoms with Gasteiger partial charge in [0.15, 0.2) is 0 Å². The van der Waals surface area contributed by atoms with Gasteiger partial charge in [0.1, 0.15) is 11.5 Å². The summed E-state index contributed by atoms with van der Waals surface area (Å²) in [4.78, 5) is 21.6. The summed E-state index contributed by atoms with van der Waals surface area (Å²) >= 11 is 0. The molecular weight excluding hydrogens is 220 g/mol. The van der Waals surface area contributed by atoms with Gasteiger partial charge < -0.3 is 15.7 Å². The third kappa shape index (κ3) is 2.71. The van der Waals surface area contributed by atoms with Crippen molar-refractivity contribution in [2.75, 3.05) is 25.4 Å². The molecule has 0 bridgehead atoms. The quantitative estimate of drug-likeness (QED) is 0.748. The molecule has 1 amide bonds. The number of anilines is 1. The van der Waals surface area contributed by atoms with Gasteiger partial charge in [0.25, 0.3) is 5.91 Å². The second kappa shape index (κ2) is 5.09. The van der Waals surface area contributed by atoms with Gasteiger partial charge in [0.2, 0.25) is 0 Å². The number of piperidine rings is 1. The van der Waals surface area contributed by atoms with E-state index in [1.165, 1.54) is 12.4 Å². The van der Waals surface area contributed by atoms with Crippen molar-refractivity contribution in [3.8, 4) is 0 Å². The predicted octanol–water partition coefficient (Wildman–Crippen LogP) is -0.0967. The maximum atomic E-state index is 12.1. The van der Waals surface area contributed by atoms with Crippen molar-refractivity contribution in [1.82, 2.24) is 14.9 Å². The van der Waals surface area contributed by atoms with Crippen LogP contribution in [0.3, 0.4) is 0 Å². The van der Waals surface area contributed by atoms with E-state index >= 15 is 0 Å². The van der Waals surface area contributed by atoms with Gasteiger partial charge in [0, 0.05) is 19.7 Å². The molecule has 6 nitrogen and oxygen atoms in total. The molecule has 2 rings (SSSR count). The number of aliphatic hydroxyl groups excluding tert-OH is 1. The van der Waals surface area contributed by atoms with E-state index in [1.807, 2.05) is 0 Å². The average Bonchev–Trinajstić information content (AvgIpc) is 2.38. The molecule has 1 fully saturated rings. The molecule has 3 N–H and O–H groups in total. The number of aromatic nitrogens is 2. The van der Waals surface area contributed by atoms with Crippen LogP contribution in [-0.2, 0) is 0 Å². The number of carbonyl (C=O) groups is 1. The number of nitrogens with two attached hydrogens (primary N) is 1. The summed E-state index contributed by atoms with van der Waals surface area (Å²) in [6.45, 7) is 1.50. The lowest BCUT2D eigenvalue weighted by Crippen LogP contribution is -2.39. The molecule has 1 aromatic heterocycles. The van der Waals surface area contributed by atoms with E-state index in [-0.39, 0.29) is 24.0 Å². The number of rotatable bonds is 2. The number of hydrogen-bond acceptors (Lipinski definition) is 5. The lowest BCUT2D eigenvalue weighted by atomic mass is 9.98. The molecule has 0 spiro atoms. The lowest BCUT2D eigenvalue weighted by Gasteiger charge is -2.30. The number of likely N-dealkylation sites (tertiary alicyclic amines) is 1. The summed E-state index contributed by atoms with van der Waals surface area (Å²) < 4.78 is 0. The minimum Gasteiger partial charge on any atom is -0.396 e. The Morgan fingerprint density at radius 1 is 1.47 bits per heavy atom. The van der Waals surface area contributed by atoms with Crippen LogP contribution in [0.15, 0.2) is 12.4 Å². The van der Waals surface area contributed by atoms with Crippen molar-refractivity contribution < 1.29 is 9.90 Å². The van der Waals surface area contributed by atoms with Crippen LogP contribution in [0.1, 0.15) is 23.3 Å².